The molecule has 0 saturated carbocycles. The molecule has 0 radical (unpaired) electrons. The van der Waals surface area contributed by atoms with Crippen LogP contribution in [0, 0.1) is 6.92 Å². The van der Waals surface area contributed by atoms with Crippen LogP contribution in [0.5, 0.6) is 5.75 Å². The lowest BCUT2D eigenvalue weighted by Crippen LogP contribution is -2.20. The van der Waals surface area contributed by atoms with Crippen LogP contribution in [0.25, 0.3) is 16.8 Å². The van der Waals surface area contributed by atoms with Gasteiger partial charge in [0.05, 0.1) is 11.4 Å². The summed E-state index contributed by atoms with van der Waals surface area (Å²) in [6.07, 6.45) is 3.23. The Bertz CT molecular complexity index is 1610. The molecule has 5 N–H and O–H groups in total. The zero-order chi connectivity index (χ0) is 25.9. The van der Waals surface area contributed by atoms with Gasteiger partial charge < -0.3 is 10.9 Å². The maximum absolute atomic E-state index is 13.1. The number of aromatic hydroxyl groups is 1. The van der Waals surface area contributed by atoms with Crippen LogP contribution in [0.15, 0.2) is 85.9 Å². The first-order valence-electron chi connectivity index (χ1n) is 11.8. The second-order valence-electron chi connectivity index (χ2n) is 8.73. The number of azo groups is 1. The molecule has 0 unspecified atom stereocenters. The van der Waals surface area contributed by atoms with E-state index in [1.54, 1.807) is 43.3 Å². The van der Waals surface area contributed by atoms with Gasteiger partial charge in [0.2, 0.25) is 0 Å². The van der Waals surface area contributed by atoms with Crippen molar-refractivity contribution in [2.24, 2.45) is 26.3 Å². The molecule has 1 aliphatic rings. The number of rotatable bonds is 6. The number of nitrogens with two attached hydrogens (primary N) is 1. The van der Waals surface area contributed by atoms with Crippen LogP contribution in [0.3, 0.4) is 0 Å². The molecule has 1 aliphatic carbocycles. The molecule has 1 heterocycles. The Morgan fingerprint density at radius 1 is 1.08 bits per heavy atom. The van der Waals surface area contributed by atoms with Gasteiger partial charge in [0.25, 0.3) is 5.56 Å². The minimum atomic E-state index is -0.306. The maximum atomic E-state index is 13.1. The second kappa shape index (κ2) is 9.94. The summed E-state index contributed by atoms with van der Waals surface area (Å²) >= 11 is 0. The first-order valence-corrected chi connectivity index (χ1v) is 11.8. The average molecular weight is 495 g/mol. The molecule has 5 rings (SSSR count). The highest BCUT2D eigenvalue weighted by Crippen LogP contribution is 2.38. The smallest absolute Gasteiger partial charge is 0.299 e. The zero-order valence-corrected chi connectivity index (χ0v) is 20.3. The Kier molecular flexibility index (Phi) is 6.38. The summed E-state index contributed by atoms with van der Waals surface area (Å²) in [6.45, 7) is 5.15. The topological polar surface area (TPSA) is 146 Å². The number of para-hydroxylation sites is 1. The van der Waals surface area contributed by atoms with Gasteiger partial charge in [0.1, 0.15) is 5.69 Å². The molecule has 0 saturated heterocycles. The van der Waals surface area contributed by atoms with E-state index in [4.69, 9.17) is 5.84 Å². The van der Waals surface area contributed by atoms with Gasteiger partial charge in [0.15, 0.2) is 17.3 Å². The van der Waals surface area contributed by atoms with Crippen LogP contribution >= 0.6 is 0 Å². The molecule has 0 bridgehead atoms. The van der Waals surface area contributed by atoms with Crippen LogP contribution in [-0.4, -0.2) is 27.4 Å². The third kappa shape index (κ3) is 4.52. The summed E-state index contributed by atoms with van der Waals surface area (Å²) in [4.78, 5) is 13.1. The number of aryl methyl sites for hydroxylation is 3. The van der Waals surface area contributed by atoms with Gasteiger partial charge >= 0.3 is 0 Å². The first-order chi connectivity index (χ1) is 18.0. The van der Waals surface area contributed by atoms with Crippen LogP contribution in [0.1, 0.15) is 28.8 Å². The van der Waals surface area contributed by atoms with Crippen LogP contribution in [-0.2, 0) is 12.8 Å². The molecular weight excluding hydrogens is 468 g/mol. The van der Waals surface area contributed by atoms with Crippen molar-refractivity contribution in [2.75, 3.05) is 0 Å². The molecule has 0 fully saturated rings. The molecule has 0 spiro atoms. The van der Waals surface area contributed by atoms with E-state index in [0.717, 1.165) is 24.9 Å². The Balaban J connectivity index is 1.47. The number of fused-ring (bicyclic) bond motifs is 1. The van der Waals surface area contributed by atoms with E-state index in [1.165, 1.54) is 15.8 Å². The normalized spacial score (nSPS) is 13.2. The summed E-state index contributed by atoms with van der Waals surface area (Å²) in [7, 11) is 0. The summed E-state index contributed by atoms with van der Waals surface area (Å²) in [5.41, 5.74) is 8.58. The molecule has 0 aliphatic heterocycles. The number of amidine groups is 1. The summed E-state index contributed by atoms with van der Waals surface area (Å²) < 4.78 is 1.48. The highest BCUT2D eigenvalue weighted by atomic mass is 16.3. The number of hydrazone groups is 2. The number of hydrogen-bond donors (Lipinski definition) is 4. The minimum Gasteiger partial charge on any atom is -0.505 e. The number of phenols is 1. The van der Waals surface area contributed by atoms with E-state index >= 15 is 0 Å². The molecule has 37 heavy (non-hydrogen) atoms. The lowest BCUT2D eigenvalue weighted by Gasteiger charge is -2.09. The van der Waals surface area contributed by atoms with Gasteiger partial charge in [0, 0.05) is 17.8 Å². The van der Waals surface area contributed by atoms with Crippen LogP contribution < -0.4 is 16.8 Å². The molecule has 186 valence electrons. The summed E-state index contributed by atoms with van der Waals surface area (Å²) in [6, 6.07) is 18.4. The quantitative estimate of drug-likeness (QED) is 0.102. The average Bonchev–Trinajstić information content (AvgIpc) is 3.50. The van der Waals surface area contributed by atoms with E-state index in [1.807, 2.05) is 18.2 Å². The molecular formula is C27H26N8O2. The Hall–Kier alpha value is -4.99. The number of nitrogens with one attached hydrogen (secondary N) is 2. The first kappa shape index (κ1) is 23.7. The fourth-order valence-electron chi connectivity index (χ4n) is 4.56. The van der Waals surface area contributed by atoms with Crippen LogP contribution in [0.4, 0.5) is 11.4 Å². The van der Waals surface area contributed by atoms with Gasteiger partial charge in [-0.25, -0.2) is 4.68 Å². The van der Waals surface area contributed by atoms with Crippen molar-refractivity contribution in [3.8, 4) is 22.6 Å². The van der Waals surface area contributed by atoms with E-state index < -0.39 is 0 Å². The molecule has 0 amide bonds. The number of phenolic OH excluding ortho intramolecular Hbond substituents is 1. The van der Waals surface area contributed by atoms with E-state index in [9.17, 15) is 9.90 Å². The fourth-order valence-corrected chi connectivity index (χ4v) is 4.56. The number of benzene rings is 3. The van der Waals surface area contributed by atoms with E-state index in [-0.39, 0.29) is 22.7 Å². The van der Waals surface area contributed by atoms with Crippen LogP contribution in [0.2, 0.25) is 0 Å². The van der Waals surface area contributed by atoms with Gasteiger partial charge in [-0.1, -0.05) is 36.4 Å². The second-order valence-corrected chi connectivity index (χ2v) is 8.73. The third-order valence-corrected chi connectivity index (χ3v) is 6.41. The van der Waals surface area contributed by atoms with Crippen molar-refractivity contribution in [3.63, 3.8) is 0 Å². The molecule has 0 atom stereocenters. The van der Waals surface area contributed by atoms with E-state index in [0.29, 0.717) is 28.2 Å². The predicted octanol–water partition coefficient (Wildman–Crippen LogP) is 4.58. The standard InChI is InChI=1S/C27H26N8O2/c1-16-24(27(37)35(34-16)21-13-12-17-6-3-7-18(17)15-21)32-31-23-11-5-10-22(25(23)36)19-8-4-9-20(14-19)26(30-28)33-29-2/h4-5,8-15,34,36H,2-3,6-7,28H2,1H3,(H,30,33). The molecule has 10 nitrogen and oxygen atoms in total. The van der Waals surface area contributed by atoms with Crippen molar-refractivity contribution in [3.05, 3.63) is 93.4 Å². The third-order valence-electron chi connectivity index (χ3n) is 6.41. The Morgan fingerprint density at radius 2 is 1.89 bits per heavy atom. The Morgan fingerprint density at radius 3 is 2.70 bits per heavy atom. The monoisotopic (exact) mass is 494 g/mol. The van der Waals surface area contributed by atoms with Gasteiger partial charge in [-0.2, -0.15) is 10.2 Å². The van der Waals surface area contributed by atoms with Crippen molar-refractivity contribution in [1.29, 1.82) is 0 Å². The Labute approximate surface area is 212 Å². The van der Waals surface area contributed by atoms with Crippen molar-refractivity contribution < 1.29 is 5.11 Å². The number of aromatic nitrogens is 2. The van der Waals surface area contributed by atoms with Crippen molar-refractivity contribution in [1.82, 2.24) is 15.2 Å². The van der Waals surface area contributed by atoms with Gasteiger partial charge in [-0.15, -0.1) is 10.2 Å². The van der Waals surface area contributed by atoms with Gasteiger partial charge in [-0.05, 0) is 67.1 Å². The zero-order valence-electron chi connectivity index (χ0n) is 20.3. The van der Waals surface area contributed by atoms with E-state index in [2.05, 4.69) is 43.7 Å². The van der Waals surface area contributed by atoms with Crippen molar-refractivity contribution >= 4 is 23.9 Å². The maximum Gasteiger partial charge on any atom is 0.299 e. The summed E-state index contributed by atoms with van der Waals surface area (Å²) in [5.74, 6) is 5.70. The summed E-state index contributed by atoms with van der Waals surface area (Å²) in [5, 5.41) is 29.8. The highest BCUT2D eigenvalue weighted by Gasteiger charge is 2.17. The largest absolute Gasteiger partial charge is 0.505 e. The van der Waals surface area contributed by atoms with Crippen molar-refractivity contribution in [2.45, 2.75) is 26.2 Å². The molecule has 3 aromatic carbocycles. The SMILES string of the molecule is C=NN/C(=N\N)c1cccc(-c2cccc(N=Nc3c(C)[nH]n(-c4ccc5c(c4)CCC5)c3=O)c2O)c1. The lowest BCUT2D eigenvalue weighted by atomic mass is 10.0. The number of nitrogens with zero attached hydrogens (tertiary/aromatic N) is 5. The minimum absolute atomic E-state index is 0.0726. The number of hydrogen-bond acceptors (Lipinski definition) is 7. The fraction of sp³-hybridized carbons (Fsp3) is 0.148. The number of aromatic amines is 1. The lowest BCUT2D eigenvalue weighted by molar-refractivity contribution is 0.478. The highest BCUT2D eigenvalue weighted by molar-refractivity contribution is 5.99. The number of H-pyrrole nitrogens is 1. The molecule has 1 aromatic heterocycles. The predicted molar refractivity (Wildman–Crippen MR) is 144 cm³/mol. The molecule has 4 aromatic rings. The van der Waals surface area contributed by atoms with Gasteiger partial charge in [-0.3, -0.25) is 15.3 Å². The molecule has 10 heteroatoms.